The van der Waals surface area contributed by atoms with Gasteiger partial charge in [-0.05, 0) is 72.7 Å². The van der Waals surface area contributed by atoms with E-state index in [4.69, 9.17) is 4.42 Å². The highest BCUT2D eigenvalue weighted by atomic mass is 16.3. The minimum atomic E-state index is 0.0224. The van der Waals surface area contributed by atoms with Crippen molar-refractivity contribution in [2.75, 3.05) is 0 Å². The average Bonchev–Trinajstić information content (AvgIpc) is 3.40. The molecule has 3 aromatic carbocycles. The molecule has 2 heterocycles. The van der Waals surface area contributed by atoms with E-state index in [0.29, 0.717) is 6.54 Å². The van der Waals surface area contributed by atoms with Crippen molar-refractivity contribution in [2.45, 2.75) is 44.8 Å². The zero-order valence-corrected chi connectivity index (χ0v) is 18.2. The van der Waals surface area contributed by atoms with Gasteiger partial charge in [0.25, 0.3) is 5.91 Å². The smallest absolute Gasteiger partial charge is 0.251 e. The number of benzene rings is 3. The van der Waals surface area contributed by atoms with Gasteiger partial charge in [0.15, 0.2) is 0 Å². The van der Waals surface area contributed by atoms with Gasteiger partial charge in [-0.15, -0.1) is 0 Å². The topological polar surface area (TPSA) is 54.3 Å². The van der Waals surface area contributed by atoms with E-state index in [1.807, 2.05) is 12.1 Å². The number of amides is 1. The summed E-state index contributed by atoms with van der Waals surface area (Å²) in [5.41, 5.74) is 7.75. The Morgan fingerprint density at radius 3 is 2.72 bits per heavy atom. The number of nitrogens with one attached hydrogen (secondary N) is 2. The van der Waals surface area contributed by atoms with Crippen molar-refractivity contribution in [2.24, 2.45) is 0 Å². The summed E-state index contributed by atoms with van der Waals surface area (Å²) in [7, 11) is 0. The number of rotatable bonds is 4. The highest BCUT2D eigenvalue weighted by Crippen LogP contribution is 2.40. The highest BCUT2D eigenvalue weighted by molar-refractivity contribution is 5.99. The first-order chi connectivity index (χ1) is 15.7. The Kier molecular flexibility index (Phi) is 4.62. The molecule has 2 aliphatic rings. The van der Waals surface area contributed by atoms with E-state index in [-0.39, 0.29) is 18.0 Å². The normalized spacial score (nSPS) is 18.3. The third kappa shape index (κ3) is 3.23. The van der Waals surface area contributed by atoms with Crippen molar-refractivity contribution in [1.82, 2.24) is 10.6 Å². The Labute approximate surface area is 187 Å². The molecule has 0 spiro atoms. The lowest BCUT2D eigenvalue weighted by Gasteiger charge is -2.26. The molecular formula is C28H26N2O2. The molecule has 160 valence electrons. The van der Waals surface area contributed by atoms with Crippen LogP contribution in [0.25, 0.3) is 22.1 Å². The van der Waals surface area contributed by atoms with Gasteiger partial charge < -0.3 is 15.1 Å². The van der Waals surface area contributed by atoms with E-state index in [9.17, 15) is 4.79 Å². The van der Waals surface area contributed by atoms with Gasteiger partial charge in [0, 0.05) is 29.1 Å². The second kappa shape index (κ2) is 7.64. The molecule has 32 heavy (non-hydrogen) atoms. The van der Waals surface area contributed by atoms with E-state index in [1.54, 1.807) is 0 Å². The Balaban J connectivity index is 1.34. The molecule has 0 bridgehead atoms. The summed E-state index contributed by atoms with van der Waals surface area (Å²) in [4.78, 5) is 11.9. The molecule has 1 aliphatic heterocycles. The molecule has 4 aromatic rings. The van der Waals surface area contributed by atoms with Crippen LogP contribution in [0.1, 0.15) is 64.7 Å². The Morgan fingerprint density at radius 2 is 1.84 bits per heavy atom. The predicted octanol–water partition coefficient (Wildman–Crippen LogP) is 6.07. The van der Waals surface area contributed by atoms with Crippen molar-refractivity contribution in [1.29, 1.82) is 0 Å². The summed E-state index contributed by atoms with van der Waals surface area (Å²) in [6.45, 7) is 2.83. The first kappa shape index (κ1) is 19.3. The maximum Gasteiger partial charge on any atom is 0.251 e. The van der Waals surface area contributed by atoms with Crippen molar-refractivity contribution in [3.8, 4) is 11.1 Å². The van der Waals surface area contributed by atoms with Crippen LogP contribution in [0.15, 0.2) is 71.1 Å². The van der Waals surface area contributed by atoms with Gasteiger partial charge >= 0.3 is 0 Å². The van der Waals surface area contributed by atoms with E-state index in [1.165, 1.54) is 16.5 Å². The molecule has 6 rings (SSSR count). The van der Waals surface area contributed by atoms with Crippen LogP contribution in [-0.2, 0) is 13.0 Å². The maximum atomic E-state index is 11.9. The lowest BCUT2D eigenvalue weighted by atomic mass is 9.90. The first-order valence-corrected chi connectivity index (χ1v) is 11.5. The van der Waals surface area contributed by atoms with Gasteiger partial charge in [0.1, 0.15) is 11.3 Å². The molecule has 1 aromatic heterocycles. The van der Waals surface area contributed by atoms with E-state index in [0.717, 1.165) is 52.9 Å². The first-order valence-electron chi connectivity index (χ1n) is 11.5. The third-order valence-electron chi connectivity index (χ3n) is 6.93. The molecule has 1 amide bonds. The molecule has 1 aliphatic carbocycles. The van der Waals surface area contributed by atoms with Crippen LogP contribution in [0.3, 0.4) is 0 Å². The second-order valence-electron chi connectivity index (χ2n) is 8.95. The number of hydrogen-bond donors (Lipinski definition) is 2. The van der Waals surface area contributed by atoms with Crippen LogP contribution in [-0.4, -0.2) is 5.91 Å². The Morgan fingerprint density at radius 1 is 1.03 bits per heavy atom. The fourth-order valence-corrected chi connectivity index (χ4v) is 5.21. The van der Waals surface area contributed by atoms with Crippen molar-refractivity contribution in [3.63, 3.8) is 0 Å². The van der Waals surface area contributed by atoms with Crippen LogP contribution in [0, 0.1) is 0 Å². The summed E-state index contributed by atoms with van der Waals surface area (Å²) in [5, 5.41) is 7.91. The average molecular weight is 423 g/mol. The largest absolute Gasteiger partial charge is 0.459 e. The van der Waals surface area contributed by atoms with Gasteiger partial charge in [-0.1, -0.05) is 42.5 Å². The number of hydrogen-bond acceptors (Lipinski definition) is 3. The van der Waals surface area contributed by atoms with Crippen LogP contribution < -0.4 is 10.6 Å². The summed E-state index contributed by atoms with van der Waals surface area (Å²) in [6, 6.07) is 23.7. The third-order valence-corrected chi connectivity index (χ3v) is 6.93. The van der Waals surface area contributed by atoms with Gasteiger partial charge in [-0.25, -0.2) is 0 Å². The van der Waals surface area contributed by atoms with Crippen LogP contribution >= 0.6 is 0 Å². The number of furan rings is 1. The molecule has 2 atom stereocenters. The molecule has 2 N–H and O–H groups in total. The SMILES string of the molecule is C[C@@H](NC1CCCc2c1oc1ccc(-c3ccc4c(c3)CNC4=O)cc21)c1ccccc1. The van der Waals surface area contributed by atoms with Gasteiger partial charge in [0.05, 0.1) is 6.04 Å². The van der Waals surface area contributed by atoms with Gasteiger partial charge in [-0.2, -0.15) is 0 Å². The highest BCUT2D eigenvalue weighted by Gasteiger charge is 2.28. The van der Waals surface area contributed by atoms with Crippen molar-refractivity contribution < 1.29 is 9.21 Å². The molecule has 0 radical (unpaired) electrons. The number of aryl methyl sites for hydroxylation is 1. The number of fused-ring (bicyclic) bond motifs is 4. The van der Waals surface area contributed by atoms with Crippen molar-refractivity contribution in [3.05, 3.63) is 94.7 Å². The van der Waals surface area contributed by atoms with Crippen LogP contribution in [0.4, 0.5) is 0 Å². The van der Waals surface area contributed by atoms with E-state index in [2.05, 4.69) is 72.2 Å². The monoisotopic (exact) mass is 422 g/mol. The zero-order chi connectivity index (χ0) is 21.7. The quantitative estimate of drug-likeness (QED) is 0.420. The summed E-state index contributed by atoms with van der Waals surface area (Å²) in [5.74, 6) is 1.11. The molecule has 0 saturated carbocycles. The van der Waals surface area contributed by atoms with Crippen LogP contribution in [0.2, 0.25) is 0 Å². The van der Waals surface area contributed by atoms with E-state index < -0.39 is 0 Å². The Hall–Kier alpha value is -3.37. The predicted molar refractivity (Wildman–Crippen MR) is 126 cm³/mol. The standard InChI is InChI=1S/C28H26N2O2/c1-17(18-6-3-2-4-7-18)30-25-9-5-8-23-24-15-20(11-13-26(24)32-27(23)25)19-10-12-22-21(14-19)16-29-28(22)31/h2-4,6-7,10-15,17,25,30H,5,8-9,16H2,1H3,(H,29,31)/t17-,25?/m1/s1. The van der Waals surface area contributed by atoms with E-state index >= 15 is 0 Å². The summed E-state index contributed by atoms with van der Waals surface area (Å²) < 4.78 is 6.40. The molecule has 4 nitrogen and oxygen atoms in total. The van der Waals surface area contributed by atoms with Gasteiger partial charge in [-0.3, -0.25) is 4.79 Å². The fourth-order valence-electron chi connectivity index (χ4n) is 5.21. The lowest BCUT2D eigenvalue weighted by molar-refractivity contribution is 0.0966. The summed E-state index contributed by atoms with van der Waals surface area (Å²) >= 11 is 0. The number of carbonyl (C=O) groups excluding carboxylic acids is 1. The maximum absolute atomic E-state index is 11.9. The minimum Gasteiger partial charge on any atom is -0.459 e. The minimum absolute atomic E-state index is 0.0224. The number of carbonyl (C=O) groups is 1. The molecular weight excluding hydrogens is 396 g/mol. The second-order valence-corrected chi connectivity index (χ2v) is 8.95. The molecule has 4 heteroatoms. The fraction of sp³-hybridized carbons (Fsp3) is 0.250. The lowest BCUT2D eigenvalue weighted by Crippen LogP contribution is -2.27. The summed E-state index contributed by atoms with van der Waals surface area (Å²) in [6.07, 6.45) is 3.28. The molecule has 0 fully saturated rings. The van der Waals surface area contributed by atoms with Crippen LogP contribution in [0.5, 0.6) is 0 Å². The van der Waals surface area contributed by atoms with Gasteiger partial charge in [0.2, 0.25) is 0 Å². The molecule has 1 unspecified atom stereocenters. The zero-order valence-electron chi connectivity index (χ0n) is 18.2. The van der Waals surface area contributed by atoms with Crippen molar-refractivity contribution >= 4 is 16.9 Å². The molecule has 0 saturated heterocycles. The Bertz CT molecular complexity index is 1320.